The minimum absolute atomic E-state index is 1.00. The zero-order valence-corrected chi connectivity index (χ0v) is 9.58. The van der Waals surface area contributed by atoms with Gasteiger partial charge in [-0.2, -0.15) is 0 Å². The van der Waals surface area contributed by atoms with Crippen LogP contribution in [0.2, 0.25) is 0 Å². The normalized spacial score (nSPS) is 9.30. The highest BCUT2D eigenvalue weighted by Gasteiger charge is 2.43. The standard InChI is InChI=1S/C6H3N3O9.CH4O/c10-4-1(7(13)14)5(11)3(9(17)18)6(12)2(4)8(15)16;1-2/h10-12H;2H,1H3. The molecule has 0 aromatic heterocycles. The van der Waals surface area contributed by atoms with Crippen LogP contribution in [-0.4, -0.2) is 42.3 Å². The van der Waals surface area contributed by atoms with Gasteiger partial charge in [-0.3, -0.25) is 30.3 Å². The second-order valence-corrected chi connectivity index (χ2v) is 2.86. The number of hydrogen-bond donors (Lipinski definition) is 4. The molecule has 0 amide bonds. The molecule has 0 spiro atoms. The first-order valence-electron chi connectivity index (χ1n) is 4.38. The molecular formula is C7H7N3O10. The highest BCUT2D eigenvalue weighted by atomic mass is 16.6. The first-order chi connectivity index (χ1) is 9.20. The van der Waals surface area contributed by atoms with E-state index in [2.05, 4.69) is 0 Å². The minimum Gasteiger partial charge on any atom is -0.497 e. The van der Waals surface area contributed by atoms with Crippen molar-refractivity contribution in [1.29, 1.82) is 0 Å². The summed E-state index contributed by atoms with van der Waals surface area (Å²) in [7, 11) is 1.00. The van der Waals surface area contributed by atoms with Crippen LogP contribution >= 0.6 is 0 Å². The van der Waals surface area contributed by atoms with Crippen molar-refractivity contribution in [3.05, 3.63) is 30.3 Å². The molecule has 0 aliphatic heterocycles. The van der Waals surface area contributed by atoms with Gasteiger partial charge in [0, 0.05) is 7.11 Å². The van der Waals surface area contributed by atoms with Crippen molar-refractivity contribution in [3.63, 3.8) is 0 Å². The Kier molecular flexibility index (Phi) is 5.11. The Morgan fingerprint density at radius 3 is 0.900 bits per heavy atom. The highest BCUT2D eigenvalue weighted by molar-refractivity contribution is 5.80. The number of hydrogen-bond acceptors (Lipinski definition) is 10. The first-order valence-corrected chi connectivity index (χ1v) is 4.38. The third kappa shape index (κ3) is 2.61. The lowest BCUT2D eigenvalue weighted by Gasteiger charge is -2.03. The van der Waals surface area contributed by atoms with Gasteiger partial charge >= 0.3 is 17.1 Å². The van der Waals surface area contributed by atoms with E-state index in [0.717, 1.165) is 7.11 Å². The van der Waals surface area contributed by atoms with Gasteiger partial charge in [-0.15, -0.1) is 0 Å². The Balaban J connectivity index is 0.00000172. The zero-order valence-electron chi connectivity index (χ0n) is 9.58. The number of phenolic OH excluding ortho intramolecular Hbond substituents is 3. The topological polar surface area (TPSA) is 210 Å². The third-order valence-electron chi connectivity index (χ3n) is 1.89. The van der Waals surface area contributed by atoms with E-state index in [1.54, 1.807) is 0 Å². The van der Waals surface area contributed by atoms with Crippen LogP contribution in [0.5, 0.6) is 17.2 Å². The van der Waals surface area contributed by atoms with Gasteiger partial charge in [0.25, 0.3) is 17.2 Å². The van der Waals surface area contributed by atoms with Gasteiger partial charge < -0.3 is 20.4 Å². The van der Waals surface area contributed by atoms with Crippen LogP contribution in [0.25, 0.3) is 0 Å². The molecule has 0 radical (unpaired) electrons. The Bertz CT molecular complexity index is 481. The molecule has 0 heterocycles. The summed E-state index contributed by atoms with van der Waals surface area (Å²) < 4.78 is 0. The van der Waals surface area contributed by atoms with Gasteiger partial charge in [-0.05, 0) is 0 Å². The fourth-order valence-corrected chi connectivity index (χ4v) is 1.19. The lowest BCUT2D eigenvalue weighted by molar-refractivity contribution is -0.407. The molecule has 0 atom stereocenters. The molecule has 1 aromatic carbocycles. The van der Waals surface area contributed by atoms with Gasteiger partial charge in [0.1, 0.15) is 0 Å². The maximum Gasteiger partial charge on any atom is 0.366 e. The van der Waals surface area contributed by atoms with Gasteiger partial charge in [0.05, 0.1) is 14.8 Å². The molecule has 4 N–H and O–H groups in total. The van der Waals surface area contributed by atoms with Crippen LogP contribution in [-0.2, 0) is 0 Å². The van der Waals surface area contributed by atoms with Crippen molar-refractivity contribution in [1.82, 2.24) is 0 Å². The van der Waals surface area contributed by atoms with E-state index in [-0.39, 0.29) is 0 Å². The molecule has 110 valence electrons. The number of aliphatic hydroxyl groups excluding tert-OH is 1. The average molecular weight is 293 g/mol. The number of benzene rings is 1. The summed E-state index contributed by atoms with van der Waals surface area (Å²) in [5, 5.41) is 65.9. The average Bonchev–Trinajstić information content (AvgIpc) is 2.29. The van der Waals surface area contributed by atoms with Crippen molar-refractivity contribution in [2.45, 2.75) is 0 Å². The van der Waals surface area contributed by atoms with Gasteiger partial charge in [-0.1, -0.05) is 0 Å². The lowest BCUT2D eigenvalue weighted by Crippen LogP contribution is -1.99. The van der Waals surface area contributed by atoms with Crippen LogP contribution in [0.15, 0.2) is 0 Å². The molecule has 0 fully saturated rings. The number of aliphatic hydroxyl groups is 1. The van der Waals surface area contributed by atoms with Crippen molar-refractivity contribution >= 4 is 17.1 Å². The molecule has 1 aromatic rings. The van der Waals surface area contributed by atoms with E-state index in [0.29, 0.717) is 0 Å². The molecule has 0 saturated carbocycles. The van der Waals surface area contributed by atoms with Crippen molar-refractivity contribution in [2.75, 3.05) is 7.11 Å². The second kappa shape index (κ2) is 6.10. The summed E-state index contributed by atoms with van der Waals surface area (Å²) in [6.45, 7) is 0. The predicted molar refractivity (Wildman–Crippen MR) is 59.5 cm³/mol. The van der Waals surface area contributed by atoms with Gasteiger partial charge in [-0.25, -0.2) is 0 Å². The molecule has 0 aliphatic carbocycles. The molecule has 1 rings (SSSR count). The van der Waals surface area contributed by atoms with Crippen molar-refractivity contribution in [3.8, 4) is 17.2 Å². The fraction of sp³-hybridized carbons (Fsp3) is 0.143. The largest absolute Gasteiger partial charge is 0.497 e. The van der Waals surface area contributed by atoms with Gasteiger partial charge in [0.15, 0.2) is 0 Å². The predicted octanol–water partition coefficient (Wildman–Crippen LogP) is 0.136. The van der Waals surface area contributed by atoms with E-state index < -0.39 is 49.1 Å². The lowest BCUT2D eigenvalue weighted by atomic mass is 10.2. The van der Waals surface area contributed by atoms with Crippen molar-refractivity contribution in [2.24, 2.45) is 0 Å². The smallest absolute Gasteiger partial charge is 0.366 e. The molecule has 0 bridgehead atoms. The Morgan fingerprint density at radius 1 is 0.650 bits per heavy atom. The van der Waals surface area contributed by atoms with Crippen LogP contribution in [0.3, 0.4) is 0 Å². The molecule has 13 heteroatoms. The summed E-state index contributed by atoms with van der Waals surface area (Å²) in [5.74, 6) is -5.03. The first kappa shape index (κ1) is 16.8. The number of rotatable bonds is 3. The third-order valence-corrected chi connectivity index (χ3v) is 1.89. The van der Waals surface area contributed by atoms with E-state index >= 15 is 0 Å². The summed E-state index contributed by atoms with van der Waals surface area (Å²) in [4.78, 5) is 27.0. The molecule has 0 aliphatic rings. The zero-order chi connectivity index (χ0) is 16.2. The quantitative estimate of drug-likeness (QED) is 0.436. The van der Waals surface area contributed by atoms with E-state index in [4.69, 9.17) is 5.11 Å². The van der Waals surface area contributed by atoms with Crippen LogP contribution in [0, 0.1) is 30.3 Å². The minimum atomic E-state index is -1.68. The molecule has 0 unspecified atom stereocenters. The summed E-state index contributed by atoms with van der Waals surface area (Å²) >= 11 is 0. The van der Waals surface area contributed by atoms with Crippen LogP contribution in [0.4, 0.5) is 17.1 Å². The van der Waals surface area contributed by atoms with Gasteiger partial charge in [0.2, 0.25) is 0 Å². The number of aromatic hydroxyl groups is 3. The SMILES string of the molecule is CO.O=[N+]([O-])c1c(O)c([N+](=O)[O-])c(O)c([N+](=O)[O-])c1O. The van der Waals surface area contributed by atoms with E-state index in [1.807, 2.05) is 0 Å². The molecular weight excluding hydrogens is 286 g/mol. The molecule has 0 saturated heterocycles. The summed E-state index contributed by atoms with van der Waals surface area (Å²) in [6.07, 6.45) is 0. The Hall–Kier alpha value is -3.22. The monoisotopic (exact) mass is 293 g/mol. The number of nitrogens with zero attached hydrogens (tertiary/aromatic N) is 3. The maximum absolute atomic E-state index is 10.5. The molecule has 20 heavy (non-hydrogen) atoms. The summed E-state index contributed by atoms with van der Waals surface area (Å²) in [5.41, 5.74) is -4.90. The maximum atomic E-state index is 10.5. The van der Waals surface area contributed by atoms with Crippen molar-refractivity contribution < 1.29 is 35.2 Å². The number of nitro groups is 3. The van der Waals surface area contributed by atoms with Crippen LogP contribution < -0.4 is 0 Å². The Labute approximate surface area is 108 Å². The van der Waals surface area contributed by atoms with E-state index in [9.17, 15) is 45.7 Å². The highest BCUT2D eigenvalue weighted by Crippen LogP contribution is 2.54. The number of phenols is 3. The Morgan fingerprint density at radius 2 is 0.800 bits per heavy atom. The number of nitro benzene ring substituents is 3. The fourth-order valence-electron chi connectivity index (χ4n) is 1.19. The van der Waals surface area contributed by atoms with E-state index in [1.165, 1.54) is 0 Å². The second-order valence-electron chi connectivity index (χ2n) is 2.86. The molecule has 13 nitrogen and oxygen atoms in total. The van der Waals surface area contributed by atoms with Crippen LogP contribution in [0.1, 0.15) is 0 Å². The summed E-state index contributed by atoms with van der Waals surface area (Å²) in [6, 6.07) is 0.